The Morgan fingerprint density at radius 3 is 2.40 bits per heavy atom. The molecule has 0 radical (unpaired) electrons. The minimum Gasteiger partial charge on any atom is -0.468 e. The van der Waals surface area contributed by atoms with Crippen LogP contribution in [0, 0.1) is 28.1 Å². The van der Waals surface area contributed by atoms with Crippen LogP contribution in [0.4, 0.5) is 0 Å². The summed E-state index contributed by atoms with van der Waals surface area (Å²) in [6.07, 6.45) is 1.26. The maximum Gasteiger partial charge on any atom is 0.323 e. The van der Waals surface area contributed by atoms with E-state index in [9.17, 15) is 14.9 Å². The predicted octanol–water partition coefficient (Wildman–Crippen LogP) is 0.162. The van der Waals surface area contributed by atoms with Crippen molar-refractivity contribution in [3.63, 3.8) is 0 Å². The molecule has 2 fully saturated rings. The summed E-state index contributed by atoms with van der Waals surface area (Å²) < 4.78 is 15.3. The molecule has 2 aliphatic rings. The second-order valence-corrected chi connectivity index (χ2v) is 5.04. The van der Waals surface area contributed by atoms with Crippen LogP contribution < -0.4 is 5.32 Å². The molecule has 0 unspecified atom stereocenters. The number of esters is 1. The van der Waals surface area contributed by atoms with Crippen LogP contribution in [-0.4, -0.2) is 39.1 Å². The lowest BCUT2D eigenvalue weighted by Gasteiger charge is -2.32. The zero-order chi connectivity index (χ0) is 15.2. The van der Waals surface area contributed by atoms with Crippen molar-refractivity contribution in [2.24, 2.45) is 16.7 Å². The van der Waals surface area contributed by atoms with Gasteiger partial charge in [0.15, 0.2) is 10.8 Å². The number of carbonyl (C=O) groups excluding carboxylic acids is 2. The maximum absolute atomic E-state index is 12.4. The first-order valence-electron chi connectivity index (χ1n) is 6.41. The number of fused-ring (bicyclic) bond motifs is 1. The van der Waals surface area contributed by atoms with Crippen molar-refractivity contribution in [1.82, 2.24) is 5.32 Å². The van der Waals surface area contributed by atoms with E-state index in [1.165, 1.54) is 21.3 Å². The zero-order valence-corrected chi connectivity index (χ0v) is 12.0. The van der Waals surface area contributed by atoms with Crippen LogP contribution in [0.2, 0.25) is 0 Å². The van der Waals surface area contributed by atoms with Gasteiger partial charge in [0.1, 0.15) is 0 Å². The number of methoxy groups -OCH3 is 3. The van der Waals surface area contributed by atoms with E-state index in [1.54, 1.807) is 0 Å². The van der Waals surface area contributed by atoms with Gasteiger partial charge in [-0.05, 0) is 6.42 Å². The highest BCUT2D eigenvalue weighted by atomic mass is 16.7. The van der Waals surface area contributed by atoms with Crippen molar-refractivity contribution in [3.8, 4) is 6.07 Å². The monoisotopic (exact) mass is 282 g/mol. The molecular formula is C13H18N2O5. The summed E-state index contributed by atoms with van der Waals surface area (Å²) in [6, 6.07) is 2.09. The molecule has 7 heteroatoms. The summed E-state index contributed by atoms with van der Waals surface area (Å²) in [5.41, 5.74) is -2.94. The van der Waals surface area contributed by atoms with E-state index >= 15 is 0 Å². The van der Waals surface area contributed by atoms with E-state index in [2.05, 4.69) is 11.4 Å². The molecular weight excluding hydrogens is 264 g/mol. The topological polar surface area (TPSA) is 97.7 Å². The summed E-state index contributed by atoms with van der Waals surface area (Å²) in [6.45, 7) is 1.92. The fourth-order valence-electron chi connectivity index (χ4n) is 3.75. The second-order valence-electron chi connectivity index (χ2n) is 5.04. The number of rotatable bonds is 5. The lowest BCUT2D eigenvalue weighted by atomic mass is 9.94. The fourth-order valence-corrected chi connectivity index (χ4v) is 3.75. The van der Waals surface area contributed by atoms with Gasteiger partial charge in [-0.1, -0.05) is 13.3 Å². The van der Waals surface area contributed by atoms with Gasteiger partial charge >= 0.3 is 5.97 Å². The molecule has 1 amide bonds. The maximum atomic E-state index is 12.4. The van der Waals surface area contributed by atoms with Gasteiger partial charge < -0.3 is 19.5 Å². The van der Waals surface area contributed by atoms with Crippen LogP contribution in [0.5, 0.6) is 0 Å². The molecule has 110 valence electrons. The molecule has 0 aromatic heterocycles. The number of hydrogen-bond donors (Lipinski definition) is 1. The Morgan fingerprint density at radius 2 is 2.00 bits per heavy atom. The summed E-state index contributed by atoms with van der Waals surface area (Å²) in [5, 5.41) is 12.2. The number of amides is 1. The highest BCUT2D eigenvalue weighted by Crippen LogP contribution is 2.78. The van der Waals surface area contributed by atoms with Crippen molar-refractivity contribution in [3.05, 3.63) is 0 Å². The first-order chi connectivity index (χ1) is 9.48. The van der Waals surface area contributed by atoms with Crippen LogP contribution in [0.3, 0.4) is 0 Å². The number of nitriles is 1. The van der Waals surface area contributed by atoms with Crippen LogP contribution in [0.15, 0.2) is 0 Å². The molecule has 0 spiro atoms. The average Bonchev–Trinajstić information content (AvgIpc) is 3.00. The summed E-state index contributed by atoms with van der Waals surface area (Å²) >= 11 is 0. The number of nitrogens with zero attached hydrogens (tertiary/aromatic N) is 1. The highest BCUT2D eigenvalue weighted by molar-refractivity contribution is 6.11. The third-order valence-corrected chi connectivity index (χ3v) is 4.58. The van der Waals surface area contributed by atoms with Gasteiger partial charge in [0, 0.05) is 20.1 Å². The van der Waals surface area contributed by atoms with Gasteiger partial charge in [-0.3, -0.25) is 9.59 Å². The third-order valence-electron chi connectivity index (χ3n) is 4.58. The van der Waals surface area contributed by atoms with Crippen LogP contribution in [-0.2, 0) is 23.8 Å². The summed E-state index contributed by atoms with van der Waals surface area (Å²) in [5.74, 6) is -3.39. The van der Waals surface area contributed by atoms with Crippen molar-refractivity contribution in [2.45, 2.75) is 25.7 Å². The number of ether oxygens (including phenoxy) is 3. The number of nitrogens with one attached hydrogen (secondary N) is 1. The molecule has 1 heterocycles. The summed E-state index contributed by atoms with van der Waals surface area (Å²) in [4.78, 5) is 24.6. The molecule has 20 heavy (non-hydrogen) atoms. The van der Waals surface area contributed by atoms with Crippen LogP contribution >= 0.6 is 0 Å². The summed E-state index contributed by atoms with van der Waals surface area (Å²) in [7, 11) is 3.86. The van der Waals surface area contributed by atoms with Gasteiger partial charge in [0.25, 0.3) is 5.91 Å². The van der Waals surface area contributed by atoms with Crippen LogP contribution in [0.1, 0.15) is 19.8 Å². The van der Waals surface area contributed by atoms with Crippen molar-refractivity contribution in [1.29, 1.82) is 5.26 Å². The van der Waals surface area contributed by atoms with Crippen molar-refractivity contribution >= 4 is 11.9 Å². The molecule has 1 N–H and O–H groups in total. The van der Waals surface area contributed by atoms with Gasteiger partial charge in [0.05, 0.1) is 13.2 Å². The number of carbonyl (C=O) groups is 2. The Hall–Kier alpha value is -1.65. The molecule has 3 atom stereocenters. The Balaban J connectivity index is 2.63. The zero-order valence-electron chi connectivity index (χ0n) is 12.0. The molecule has 0 aromatic carbocycles. The molecule has 0 aromatic rings. The number of hydrogen-bond acceptors (Lipinski definition) is 6. The molecule has 7 nitrogen and oxygen atoms in total. The molecule has 0 bridgehead atoms. The molecule has 1 saturated heterocycles. The third kappa shape index (κ3) is 1.17. The van der Waals surface area contributed by atoms with Crippen LogP contribution in [0.25, 0.3) is 0 Å². The van der Waals surface area contributed by atoms with E-state index in [0.717, 1.165) is 6.42 Å². The Bertz CT molecular complexity index is 495. The lowest BCUT2D eigenvalue weighted by molar-refractivity contribution is -0.250. The van der Waals surface area contributed by atoms with E-state index in [0.29, 0.717) is 6.42 Å². The Labute approximate surface area is 117 Å². The average molecular weight is 282 g/mol. The number of piperidine rings is 1. The molecule has 1 aliphatic carbocycles. The molecule has 1 aliphatic heterocycles. The van der Waals surface area contributed by atoms with Gasteiger partial charge in [-0.15, -0.1) is 0 Å². The molecule has 1 saturated carbocycles. The highest BCUT2D eigenvalue weighted by Gasteiger charge is 2.97. The van der Waals surface area contributed by atoms with E-state index < -0.39 is 34.5 Å². The second kappa shape index (κ2) is 4.43. The first-order valence-corrected chi connectivity index (χ1v) is 6.41. The minimum atomic E-state index is -1.62. The first kappa shape index (κ1) is 14.8. The van der Waals surface area contributed by atoms with Gasteiger partial charge in [-0.25, -0.2) is 0 Å². The fraction of sp³-hybridized carbons (Fsp3) is 0.769. The Morgan fingerprint density at radius 1 is 1.40 bits per heavy atom. The van der Waals surface area contributed by atoms with Crippen molar-refractivity contribution < 1.29 is 23.8 Å². The lowest BCUT2D eigenvalue weighted by Crippen LogP contribution is -2.54. The smallest absolute Gasteiger partial charge is 0.323 e. The standard InChI is InChI=1S/C13H18N2O5/c1-5-6-8-11(7-14)12(8,10(17)18-2)9(16)15-13(11,19-3)20-4/h8H,5-6H2,1-4H3,(H,15,16)/t8-,11-,12-/m1/s1. The van der Waals surface area contributed by atoms with Gasteiger partial charge in [0.2, 0.25) is 5.91 Å². The minimum absolute atomic E-state index is 0.480. The van der Waals surface area contributed by atoms with Gasteiger partial charge in [-0.2, -0.15) is 5.26 Å². The van der Waals surface area contributed by atoms with E-state index in [1.807, 2.05) is 6.92 Å². The Kier molecular flexibility index (Phi) is 3.27. The normalized spacial score (nSPS) is 36.8. The predicted molar refractivity (Wildman–Crippen MR) is 65.8 cm³/mol. The molecule has 2 rings (SSSR count). The van der Waals surface area contributed by atoms with E-state index in [-0.39, 0.29) is 0 Å². The van der Waals surface area contributed by atoms with E-state index in [4.69, 9.17) is 14.2 Å². The SMILES string of the molecule is CCC[C@H]1[C@]2(C(=O)OC)C(=O)NC(OC)(OC)[C@]12C#N. The largest absolute Gasteiger partial charge is 0.468 e. The quantitative estimate of drug-likeness (QED) is 0.438. The van der Waals surface area contributed by atoms with Crippen molar-refractivity contribution in [2.75, 3.05) is 21.3 Å².